The van der Waals surface area contributed by atoms with E-state index in [4.69, 9.17) is 21.4 Å². The van der Waals surface area contributed by atoms with Gasteiger partial charge in [0.25, 0.3) is 5.56 Å². The summed E-state index contributed by atoms with van der Waals surface area (Å²) in [7, 11) is 1.53. The summed E-state index contributed by atoms with van der Waals surface area (Å²) in [4.78, 5) is 11.8. The second-order valence-corrected chi connectivity index (χ2v) is 3.97. The van der Waals surface area contributed by atoms with Gasteiger partial charge in [-0.3, -0.25) is 4.79 Å². The average Bonchev–Trinajstić information content (AvgIpc) is 2.33. The highest BCUT2D eigenvalue weighted by Gasteiger charge is 2.10. The highest BCUT2D eigenvalue weighted by molar-refractivity contribution is 6.35. The molecule has 0 fully saturated rings. The van der Waals surface area contributed by atoms with E-state index < -0.39 is 0 Å². The first-order valence-electron chi connectivity index (χ1n) is 5.16. The lowest BCUT2D eigenvalue weighted by atomic mass is 10.2. The predicted molar refractivity (Wildman–Crippen MR) is 66.9 cm³/mol. The normalized spacial score (nSPS) is 10.8. The van der Waals surface area contributed by atoms with E-state index >= 15 is 0 Å². The molecule has 0 aliphatic rings. The molecule has 90 valence electrons. The largest absolute Gasteiger partial charge is 0.495 e. The van der Waals surface area contributed by atoms with E-state index in [1.807, 2.05) is 0 Å². The van der Waals surface area contributed by atoms with Crippen LogP contribution in [0, 0.1) is 0 Å². The molecule has 5 heteroatoms. The number of ether oxygens (including phenoxy) is 1. The Balaban J connectivity index is 2.89. The predicted octanol–water partition coefficient (Wildman–Crippen LogP) is 1.66. The van der Waals surface area contributed by atoms with Crippen molar-refractivity contribution in [2.24, 2.45) is 0 Å². The van der Waals surface area contributed by atoms with Crippen LogP contribution in [-0.4, -0.2) is 23.4 Å². The monoisotopic (exact) mass is 253 g/mol. The van der Waals surface area contributed by atoms with Crippen molar-refractivity contribution in [2.45, 2.75) is 6.54 Å². The summed E-state index contributed by atoms with van der Waals surface area (Å²) in [6.07, 6.45) is 0. The van der Waals surface area contributed by atoms with Gasteiger partial charge in [0.1, 0.15) is 5.75 Å². The third-order valence-corrected chi connectivity index (χ3v) is 2.93. The molecule has 0 bridgehead atoms. The number of hydrogen-bond donors (Lipinski definition) is 1. The van der Waals surface area contributed by atoms with Crippen molar-refractivity contribution in [1.29, 1.82) is 0 Å². The maximum absolute atomic E-state index is 11.8. The Morgan fingerprint density at radius 2 is 2.12 bits per heavy atom. The molecule has 0 amide bonds. The van der Waals surface area contributed by atoms with Gasteiger partial charge >= 0.3 is 0 Å². The molecule has 0 saturated heterocycles. The fraction of sp³-hybridized carbons (Fsp3) is 0.250. The Hall–Kier alpha value is -1.52. The number of hydrogen-bond acceptors (Lipinski definition) is 3. The summed E-state index contributed by atoms with van der Waals surface area (Å²) in [6, 6.07) is 6.52. The van der Waals surface area contributed by atoms with Crippen molar-refractivity contribution in [3.8, 4) is 5.75 Å². The minimum Gasteiger partial charge on any atom is -0.495 e. The fourth-order valence-corrected chi connectivity index (χ4v) is 2.06. The van der Waals surface area contributed by atoms with Crippen LogP contribution in [0.2, 0.25) is 5.02 Å². The molecule has 1 aromatic heterocycles. The molecule has 0 atom stereocenters. The first kappa shape index (κ1) is 12.0. The zero-order chi connectivity index (χ0) is 12.4. The van der Waals surface area contributed by atoms with Gasteiger partial charge in [0.2, 0.25) is 0 Å². The number of benzene rings is 1. The Kier molecular flexibility index (Phi) is 3.36. The van der Waals surface area contributed by atoms with E-state index in [1.54, 1.807) is 18.2 Å². The number of rotatable bonds is 3. The summed E-state index contributed by atoms with van der Waals surface area (Å²) in [6.45, 7) is 0.0988. The van der Waals surface area contributed by atoms with Crippen LogP contribution in [0.5, 0.6) is 5.75 Å². The molecule has 0 spiro atoms. The molecule has 2 aromatic rings. The van der Waals surface area contributed by atoms with Crippen molar-refractivity contribution in [1.82, 2.24) is 4.57 Å². The van der Waals surface area contributed by atoms with Crippen LogP contribution in [0.4, 0.5) is 0 Å². The standard InChI is InChI=1S/C12H12ClNO3/c1-17-10-4-3-9(13)8-2-5-11(16)14(6-7-15)12(8)10/h2-5,15H,6-7H2,1H3. The Labute approximate surface area is 103 Å². The zero-order valence-corrected chi connectivity index (χ0v) is 10.1. The third kappa shape index (κ3) is 2.01. The van der Waals surface area contributed by atoms with E-state index in [0.717, 1.165) is 5.39 Å². The van der Waals surface area contributed by atoms with Crippen molar-refractivity contribution in [3.05, 3.63) is 39.6 Å². The molecule has 1 heterocycles. The van der Waals surface area contributed by atoms with Crippen LogP contribution in [0.3, 0.4) is 0 Å². The van der Waals surface area contributed by atoms with Gasteiger partial charge in [0.15, 0.2) is 0 Å². The minimum atomic E-state index is -0.188. The molecule has 0 aliphatic carbocycles. The van der Waals surface area contributed by atoms with Crippen LogP contribution in [-0.2, 0) is 6.54 Å². The van der Waals surface area contributed by atoms with Crippen LogP contribution < -0.4 is 10.3 Å². The number of fused-ring (bicyclic) bond motifs is 1. The van der Waals surface area contributed by atoms with Crippen LogP contribution in [0.25, 0.3) is 10.9 Å². The Bertz CT molecular complexity index is 606. The molecule has 1 N–H and O–H groups in total. The number of methoxy groups -OCH3 is 1. The van der Waals surface area contributed by atoms with E-state index in [2.05, 4.69) is 0 Å². The molecule has 17 heavy (non-hydrogen) atoms. The van der Waals surface area contributed by atoms with Gasteiger partial charge in [0, 0.05) is 18.0 Å². The quantitative estimate of drug-likeness (QED) is 0.905. The SMILES string of the molecule is COc1ccc(Cl)c2ccc(=O)n(CCO)c12. The molecular formula is C12H12ClNO3. The topological polar surface area (TPSA) is 51.5 Å². The molecule has 0 unspecified atom stereocenters. The highest BCUT2D eigenvalue weighted by Crippen LogP contribution is 2.30. The van der Waals surface area contributed by atoms with Gasteiger partial charge in [-0.15, -0.1) is 0 Å². The van der Waals surface area contributed by atoms with Gasteiger partial charge in [-0.1, -0.05) is 11.6 Å². The van der Waals surface area contributed by atoms with E-state index in [1.165, 1.54) is 17.7 Å². The van der Waals surface area contributed by atoms with Gasteiger partial charge < -0.3 is 14.4 Å². The number of halogens is 1. The first-order chi connectivity index (χ1) is 8.19. The Morgan fingerprint density at radius 1 is 1.35 bits per heavy atom. The highest BCUT2D eigenvalue weighted by atomic mass is 35.5. The maximum atomic E-state index is 11.8. The lowest BCUT2D eigenvalue weighted by Crippen LogP contribution is -2.21. The summed E-state index contributed by atoms with van der Waals surface area (Å²) in [5.41, 5.74) is 0.425. The van der Waals surface area contributed by atoms with Gasteiger partial charge in [-0.25, -0.2) is 0 Å². The number of aliphatic hydroxyl groups is 1. The fourth-order valence-electron chi connectivity index (χ4n) is 1.84. The van der Waals surface area contributed by atoms with Crippen molar-refractivity contribution in [3.63, 3.8) is 0 Å². The van der Waals surface area contributed by atoms with Crippen LogP contribution in [0.1, 0.15) is 0 Å². The van der Waals surface area contributed by atoms with Gasteiger partial charge in [-0.05, 0) is 18.2 Å². The number of aromatic nitrogens is 1. The number of nitrogens with zero attached hydrogens (tertiary/aromatic N) is 1. The van der Waals surface area contributed by atoms with Gasteiger partial charge in [-0.2, -0.15) is 0 Å². The van der Waals surface area contributed by atoms with Crippen molar-refractivity contribution < 1.29 is 9.84 Å². The summed E-state index contributed by atoms with van der Waals surface area (Å²) >= 11 is 6.08. The molecule has 2 rings (SSSR count). The van der Waals surface area contributed by atoms with Crippen molar-refractivity contribution in [2.75, 3.05) is 13.7 Å². The van der Waals surface area contributed by atoms with Crippen LogP contribution in [0.15, 0.2) is 29.1 Å². The lowest BCUT2D eigenvalue weighted by Gasteiger charge is -2.13. The third-order valence-electron chi connectivity index (χ3n) is 2.60. The second kappa shape index (κ2) is 4.77. The number of pyridine rings is 1. The second-order valence-electron chi connectivity index (χ2n) is 3.56. The summed E-state index contributed by atoms with van der Waals surface area (Å²) in [5.74, 6) is 0.565. The smallest absolute Gasteiger partial charge is 0.251 e. The summed E-state index contributed by atoms with van der Waals surface area (Å²) in [5, 5.41) is 10.3. The van der Waals surface area contributed by atoms with E-state index in [0.29, 0.717) is 16.3 Å². The molecule has 4 nitrogen and oxygen atoms in total. The number of aliphatic hydroxyl groups excluding tert-OH is 1. The summed E-state index contributed by atoms with van der Waals surface area (Å²) < 4.78 is 6.68. The first-order valence-corrected chi connectivity index (χ1v) is 5.53. The van der Waals surface area contributed by atoms with E-state index in [-0.39, 0.29) is 18.7 Å². The molecule has 0 radical (unpaired) electrons. The van der Waals surface area contributed by atoms with Crippen LogP contribution >= 0.6 is 11.6 Å². The van der Waals surface area contributed by atoms with Gasteiger partial charge in [0.05, 0.1) is 24.3 Å². The van der Waals surface area contributed by atoms with E-state index in [9.17, 15) is 4.79 Å². The maximum Gasteiger partial charge on any atom is 0.251 e. The average molecular weight is 254 g/mol. The molecule has 1 aromatic carbocycles. The molecular weight excluding hydrogens is 242 g/mol. The molecule has 0 aliphatic heterocycles. The Morgan fingerprint density at radius 3 is 2.76 bits per heavy atom. The lowest BCUT2D eigenvalue weighted by molar-refractivity contribution is 0.276. The zero-order valence-electron chi connectivity index (χ0n) is 9.31. The minimum absolute atomic E-state index is 0.116. The van der Waals surface area contributed by atoms with Crippen molar-refractivity contribution >= 4 is 22.5 Å². The molecule has 0 saturated carbocycles.